The Labute approximate surface area is 117 Å². The average molecular weight is 282 g/mol. The molecule has 1 unspecified atom stereocenters. The highest BCUT2D eigenvalue weighted by Gasteiger charge is 2.19. The average Bonchev–Trinajstić information content (AvgIpc) is 2.36. The number of aliphatic carboxylic acids is 1. The van der Waals surface area contributed by atoms with E-state index in [1.54, 1.807) is 6.07 Å². The number of benzene rings is 1. The summed E-state index contributed by atoms with van der Waals surface area (Å²) in [7, 11) is 0. The van der Waals surface area contributed by atoms with Gasteiger partial charge in [0.15, 0.2) is 0 Å². The van der Waals surface area contributed by atoms with Gasteiger partial charge in [-0.1, -0.05) is 26.0 Å². The molecule has 0 spiro atoms. The Morgan fingerprint density at radius 2 is 1.95 bits per heavy atom. The van der Waals surface area contributed by atoms with Crippen molar-refractivity contribution in [1.82, 2.24) is 5.32 Å². The smallest absolute Gasteiger partial charge is 0.319 e. The molecule has 110 valence electrons. The molecule has 5 nitrogen and oxygen atoms in total. The van der Waals surface area contributed by atoms with Gasteiger partial charge in [-0.2, -0.15) is 0 Å². The molecule has 0 aliphatic heterocycles. The number of hydrogen-bond acceptors (Lipinski definition) is 2. The molecule has 0 radical (unpaired) electrons. The third-order valence-corrected chi connectivity index (χ3v) is 2.74. The Bertz CT molecular complexity index is 477. The summed E-state index contributed by atoms with van der Waals surface area (Å²) in [4.78, 5) is 22.6. The van der Waals surface area contributed by atoms with E-state index in [0.29, 0.717) is 6.42 Å². The normalized spacial score (nSPS) is 12.0. The van der Waals surface area contributed by atoms with Gasteiger partial charge in [0, 0.05) is 6.54 Å². The minimum atomic E-state index is -0.954. The van der Waals surface area contributed by atoms with E-state index < -0.39 is 23.7 Å². The van der Waals surface area contributed by atoms with E-state index in [1.807, 2.05) is 13.8 Å². The fourth-order valence-corrected chi connectivity index (χ4v) is 1.79. The summed E-state index contributed by atoms with van der Waals surface area (Å²) in [6.07, 6.45) is 0.468. The summed E-state index contributed by atoms with van der Waals surface area (Å²) < 4.78 is 13.3. The van der Waals surface area contributed by atoms with Crippen molar-refractivity contribution < 1.29 is 19.1 Å². The Kier molecular flexibility index (Phi) is 5.96. The second kappa shape index (κ2) is 7.47. The number of carbonyl (C=O) groups is 2. The third kappa shape index (κ3) is 5.26. The first kappa shape index (κ1) is 15.9. The molecule has 0 aliphatic rings. The molecule has 3 N–H and O–H groups in total. The van der Waals surface area contributed by atoms with Crippen LogP contribution < -0.4 is 10.6 Å². The number of nitrogens with one attached hydrogen (secondary N) is 2. The summed E-state index contributed by atoms with van der Waals surface area (Å²) in [6, 6.07) is 5.15. The lowest BCUT2D eigenvalue weighted by atomic mass is 9.97. The highest BCUT2D eigenvalue weighted by atomic mass is 19.1. The van der Waals surface area contributed by atoms with Crippen LogP contribution in [-0.4, -0.2) is 23.7 Å². The van der Waals surface area contributed by atoms with Gasteiger partial charge in [-0.15, -0.1) is 0 Å². The van der Waals surface area contributed by atoms with Crippen LogP contribution in [0.25, 0.3) is 0 Å². The molecule has 0 fully saturated rings. The zero-order valence-electron chi connectivity index (χ0n) is 11.5. The summed E-state index contributed by atoms with van der Waals surface area (Å²) in [6.45, 7) is 3.83. The maximum Gasteiger partial charge on any atom is 0.319 e. The number of anilines is 1. The molecule has 20 heavy (non-hydrogen) atoms. The van der Waals surface area contributed by atoms with Gasteiger partial charge in [-0.05, 0) is 24.5 Å². The fourth-order valence-electron chi connectivity index (χ4n) is 1.79. The minimum Gasteiger partial charge on any atom is -0.481 e. The van der Waals surface area contributed by atoms with Gasteiger partial charge in [0.1, 0.15) is 5.82 Å². The number of para-hydroxylation sites is 1. The van der Waals surface area contributed by atoms with Crippen molar-refractivity contribution >= 4 is 17.7 Å². The topological polar surface area (TPSA) is 78.4 Å². The van der Waals surface area contributed by atoms with Crippen molar-refractivity contribution in [2.75, 3.05) is 11.9 Å². The second-order valence-electron chi connectivity index (χ2n) is 4.98. The quantitative estimate of drug-likeness (QED) is 0.750. The van der Waals surface area contributed by atoms with E-state index in [2.05, 4.69) is 10.6 Å². The van der Waals surface area contributed by atoms with Crippen LogP contribution in [0.2, 0.25) is 0 Å². The molecule has 1 aromatic rings. The lowest BCUT2D eigenvalue weighted by Gasteiger charge is -2.15. The van der Waals surface area contributed by atoms with Crippen molar-refractivity contribution in [3.63, 3.8) is 0 Å². The van der Waals surface area contributed by atoms with Crippen LogP contribution in [0.5, 0.6) is 0 Å². The van der Waals surface area contributed by atoms with E-state index >= 15 is 0 Å². The van der Waals surface area contributed by atoms with Crippen LogP contribution in [0.15, 0.2) is 24.3 Å². The number of carboxylic acid groups (broad SMARTS) is 1. The molecule has 1 rings (SSSR count). The summed E-state index contributed by atoms with van der Waals surface area (Å²) >= 11 is 0. The fraction of sp³-hybridized carbons (Fsp3) is 0.429. The minimum absolute atomic E-state index is 0.00774. The molecule has 6 heteroatoms. The highest BCUT2D eigenvalue weighted by molar-refractivity contribution is 5.89. The molecule has 0 aliphatic carbocycles. The Hall–Kier alpha value is -2.11. The van der Waals surface area contributed by atoms with E-state index in [4.69, 9.17) is 5.11 Å². The second-order valence-corrected chi connectivity index (χ2v) is 4.98. The lowest BCUT2D eigenvalue weighted by Crippen LogP contribution is -2.36. The van der Waals surface area contributed by atoms with Crippen molar-refractivity contribution in [3.8, 4) is 0 Å². The van der Waals surface area contributed by atoms with E-state index in [-0.39, 0.29) is 18.2 Å². The van der Waals surface area contributed by atoms with Crippen LogP contribution in [0.1, 0.15) is 20.3 Å². The molecule has 0 heterocycles. The number of hydrogen-bond donors (Lipinski definition) is 3. The van der Waals surface area contributed by atoms with Crippen LogP contribution in [0.4, 0.5) is 14.9 Å². The molecule has 0 saturated carbocycles. The first-order valence-corrected chi connectivity index (χ1v) is 6.42. The first-order valence-electron chi connectivity index (χ1n) is 6.42. The largest absolute Gasteiger partial charge is 0.481 e. The third-order valence-electron chi connectivity index (χ3n) is 2.74. The van der Waals surface area contributed by atoms with Crippen molar-refractivity contribution in [2.24, 2.45) is 11.8 Å². The highest BCUT2D eigenvalue weighted by Crippen LogP contribution is 2.13. The Balaban J connectivity index is 2.50. The van der Waals surface area contributed by atoms with E-state index in [1.165, 1.54) is 18.2 Å². The molecular formula is C14H19FN2O3. The molecular weight excluding hydrogens is 263 g/mol. The molecule has 1 atom stereocenters. The molecule has 2 amide bonds. The van der Waals surface area contributed by atoms with Crippen LogP contribution >= 0.6 is 0 Å². The van der Waals surface area contributed by atoms with Gasteiger partial charge in [0.05, 0.1) is 11.6 Å². The Morgan fingerprint density at radius 3 is 2.50 bits per heavy atom. The van der Waals surface area contributed by atoms with Crippen molar-refractivity contribution in [1.29, 1.82) is 0 Å². The van der Waals surface area contributed by atoms with Gasteiger partial charge in [0.2, 0.25) is 0 Å². The van der Waals surface area contributed by atoms with E-state index in [9.17, 15) is 14.0 Å². The molecule has 0 aromatic heterocycles. The summed E-state index contributed by atoms with van der Waals surface area (Å²) in [5.41, 5.74) is 0.0562. The maximum absolute atomic E-state index is 13.3. The number of urea groups is 1. The predicted molar refractivity (Wildman–Crippen MR) is 74.0 cm³/mol. The van der Waals surface area contributed by atoms with Crippen LogP contribution in [-0.2, 0) is 4.79 Å². The van der Waals surface area contributed by atoms with Crippen LogP contribution in [0.3, 0.4) is 0 Å². The lowest BCUT2D eigenvalue weighted by molar-refractivity contribution is -0.142. The van der Waals surface area contributed by atoms with Gasteiger partial charge < -0.3 is 15.7 Å². The number of halogens is 1. The SMILES string of the molecule is CC(C)CC(CNC(=O)Nc1ccccc1F)C(=O)O. The standard InChI is InChI=1S/C14H19FN2O3/c1-9(2)7-10(13(18)19)8-16-14(20)17-12-6-4-3-5-11(12)15/h3-6,9-10H,7-8H2,1-2H3,(H,18,19)(H2,16,17,20). The van der Waals surface area contributed by atoms with E-state index in [0.717, 1.165) is 0 Å². The van der Waals surface area contributed by atoms with Crippen molar-refractivity contribution in [2.45, 2.75) is 20.3 Å². The van der Waals surface area contributed by atoms with Gasteiger partial charge in [-0.25, -0.2) is 9.18 Å². The number of carboxylic acids is 1. The zero-order chi connectivity index (χ0) is 15.1. The number of carbonyl (C=O) groups excluding carboxylic acids is 1. The Morgan fingerprint density at radius 1 is 1.30 bits per heavy atom. The number of amides is 2. The summed E-state index contributed by atoms with van der Waals surface area (Å²) in [5, 5.41) is 13.8. The predicted octanol–water partition coefficient (Wildman–Crippen LogP) is 2.69. The van der Waals surface area contributed by atoms with Gasteiger partial charge >= 0.3 is 12.0 Å². The zero-order valence-corrected chi connectivity index (χ0v) is 11.5. The molecule has 1 aromatic carbocycles. The van der Waals surface area contributed by atoms with Crippen molar-refractivity contribution in [3.05, 3.63) is 30.1 Å². The maximum atomic E-state index is 13.3. The molecule has 0 saturated heterocycles. The summed E-state index contributed by atoms with van der Waals surface area (Å²) in [5.74, 6) is -1.93. The van der Waals surface area contributed by atoms with Gasteiger partial charge in [0.25, 0.3) is 0 Å². The first-order chi connectivity index (χ1) is 9.40. The monoisotopic (exact) mass is 282 g/mol. The van der Waals surface area contributed by atoms with Gasteiger partial charge in [-0.3, -0.25) is 4.79 Å². The van der Waals surface area contributed by atoms with Crippen LogP contribution in [0, 0.1) is 17.7 Å². The molecule has 0 bridgehead atoms. The number of rotatable bonds is 6.